The lowest BCUT2D eigenvalue weighted by atomic mass is 9.79. The predicted octanol–water partition coefficient (Wildman–Crippen LogP) is 5.26. The number of carbonyl (C=O) groups excluding carboxylic acids is 2. The number of halogens is 1. The summed E-state index contributed by atoms with van der Waals surface area (Å²) >= 11 is 6.68. The first kappa shape index (κ1) is 22.3. The number of carbonyl (C=O) groups is 2. The van der Waals surface area contributed by atoms with Crippen molar-refractivity contribution in [3.05, 3.63) is 82.4 Å². The van der Waals surface area contributed by atoms with Gasteiger partial charge in [0.15, 0.2) is 5.78 Å². The van der Waals surface area contributed by atoms with Crippen molar-refractivity contribution in [2.24, 2.45) is 5.41 Å². The number of hydrogen-bond acceptors (Lipinski definition) is 3. The molecular weight excluding hydrogens is 398 g/mol. The van der Waals surface area contributed by atoms with Gasteiger partial charge in [-0.15, -0.1) is 0 Å². The number of benzene rings is 2. The van der Waals surface area contributed by atoms with E-state index < -0.39 is 23.0 Å². The zero-order valence-corrected chi connectivity index (χ0v) is 18.8. The maximum atomic E-state index is 13.7. The minimum atomic E-state index is -1.92. The number of ketones is 1. The largest absolute Gasteiger partial charge is 0.362 e. The van der Waals surface area contributed by atoms with E-state index in [1.54, 1.807) is 54.6 Å². The molecule has 0 aliphatic carbocycles. The molecule has 4 nitrogen and oxygen atoms in total. The number of amides is 1. The first-order valence-corrected chi connectivity index (χ1v) is 10.4. The molecule has 1 aliphatic heterocycles. The van der Waals surface area contributed by atoms with Crippen LogP contribution < -0.4 is 0 Å². The van der Waals surface area contributed by atoms with Gasteiger partial charge in [0.25, 0.3) is 5.91 Å². The molecule has 0 radical (unpaired) electrons. The number of rotatable bonds is 5. The monoisotopic (exact) mass is 425 g/mol. The van der Waals surface area contributed by atoms with Gasteiger partial charge in [0.2, 0.25) is 5.72 Å². The van der Waals surface area contributed by atoms with E-state index in [2.05, 4.69) is 20.8 Å². The zero-order chi connectivity index (χ0) is 22.3. The first-order chi connectivity index (χ1) is 13.9. The fourth-order valence-electron chi connectivity index (χ4n) is 4.57. The Morgan fingerprint density at radius 3 is 1.97 bits per heavy atom. The lowest BCUT2D eigenvalue weighted by Gasteiger charge is -2.47. The molecule has 0 saturated heterocycles. The highest BCUT2D eigenvalue weighted by atomic mass is 35.5. The molecule has 5 heteroatoms. The van der Waals surface area contributed by atoms with Gasteiger partial charge < -0.3 is 5.11 Å². The molecule has 0 aromatic heterocycles. The highest BCUT2D eigenvalue weighted by Gasteiger charge is 2.58. The van der Waals surface area contributed by atoms with Gasteiger partial charge in [-0.25, -0.2) is 0 Å². The van der Waals surface area contributed by atoms with E-state index in [4.69, 9.17) is 11.6 Å². The minimum absolute atomic E-state index is 0.125. The Kier molecular flexibility index (Phi) is 5.70. The third kappa shape index (κ3) is 3.82. The highest BCUT2D eigenvalue weighted by Crippen LogP contribution is 2.50. The molecule has 0 fully saturated rings. The maximum absolute atomic E-state index is 13.7. The molecule has 3 rings (SSSR count). The van der Waals surface area contributed by atoms with Crippen molar-refractivity contribution < 1.29 is 14.7 Å². The molecule has 158 valence electrons. The zero-order valence-electron chi connectivity index (χ0n) is 18.1. The summed E-state index contributed by atoms with van der Waals surface area (Å²) in [7, 11) is 0. The molecule has 1 aliphatic rings. The number of nitrogens with zero attached hydrogens (tertiary/aromatic N) is 1. The fourth-order valence-corrected chi connectivity index (χ4v) is 4.93. The second-order valence-corrected chi connectivity index (χ2v) is 9.99. The number of hydrogen-bond donors (Lipinski definition) is 1. The Morgan fingerprint density at radius 2 is 1.47 bits per heavy atom. The molecule has 2 aromatic carbocycles. The van der Waals surface area contributed by atoms with Crippen LogP contribution in [0.4, 0.5) is 0 Å². The van der Waals surface area contributed by atoms with Crippen LogP contribution in [-0.4, -0.2) is 27.2 Å². The Hall–Kier alpha value is -2.43. The van der Waals surface area contributed by atoms with Gasteiger partial charge in [-0.3, -0.25) is 14.5 Å². The topological polar surface area (TPSA) is 57.6 Å². The molecule has 0 bridgehead atoms. The molecule has 0 saturated carbocycles. The van der Waals surface area contributed by atoms with Crippen LogP contribution in [0.25, 0.3) is 0 Å². The van der Waals surface area contributed by atoms with Crippen LogP contribution >= 0.6 is 11.6 Å². The Bertz CT molecular complexity index is 990. The fraction of sp³-hybridized carbons (Fsp3) is 0.360. The van der Waals surface area contributed by atoms with E-state index in [9.17, 15) is 14.7 Å². The summed E-state index contributed by atoms with van der Waals surface area (Å²) in [5.74, 6) is -1.05. The van der Waals surface area contributed by atoms with Gasteiger partial charge in [-0.1, -0.05) is 93.0 Å². The van der Waals surface area contributed by atoms with Crippen molar-refractivity contribution in [3.63, 3.8) is 0 Å². The van der Waals surface area contributed by atoms with Gasteiger partial charge in [-0.05, 0) is 25.7 Å². The smallest absolute Gasteiger partial charge is 0.262 e. The molecule has 1 atom stereocenters. The van der Waals surface area contributed by atoms with Crippen molar-refractivity contribution in [2.75, 3.05) is 0 Å². The maximum Gasteiger partial charge on any atom is 0.262 e. The summed E-state index contributed by atoms with van der Waals surface area (Å²) in [4.78, 5) is 28.3. The molecule has 1 amide bonds. The third-order valence-corrected chi connectivity index (χ3v) is 5.73. The summed E-state index contributed by atoms with van der Waals surface area (Å²) in [6.45, 7) is 10.0. The van der Waals surface area contributed by atoms with E-state index in [0.29, 0.717) is 17.5 Å². The Balaban J connectivity index is 2.21. The van der Waals surface area contributed by atoms with Crippen molar-refractivity contribution >= 4 is 23.3 Å². The van der Waals surface area contributed by atoms with E-state index in [1.165, 1.54) is 4.90 Å². The van der Waals surface area contributed by atoms with Crippen LogP contribution in [0.2, 0.25) is 0 Å². The van der Waals surface area contributed by atoms with E-state index >= 15 is 0 Å². The molecule has 30 heavy (non-hydrogen) atoms. The van der Waals surface area contributed by atoms with E-state index in [1.807, 2.05) is 19.9 Å². The van der Waals surface area contributed by atoms with Gasteiger partial charge >= 0.3 is 0 Å². The summed E-state index contributed by atoms with van der Waals surface area (Å²) in [6.07, 6.45) is 0.595. The van der Waals surface area contributed by atoms with Crippen molar-refractivity contribution in [3.8, 4) is 0 Å². The summed E-state index contributed by atoms with van der Waals surface area (Å²) in [6, 6.07) is 17.3. The van der Waals surface area contributed by atoms with Crippen LogP contribution in [0.3, 0.4) is 0 Å². The second kappa shape index (κ2) is 7.68. The normalized spacial score (nSPS) is 20.1. The molecule has 0 spiro atoms. The molecule has 2 aromatic rings. The van der Waals surface area contributed by atoms with Gasteiger partial charge in [0, 0.05) is 16.7 Å². The van der Waals surface area contributed by atoms with Crippen LogP contribution in [0.1, 0.15) is 57.0 Å². The number of Topliss-reactive ketones (excluding diaryl/α,β-unsaturated/α-hetero) is 1. The molecule has 1 N–H and O–H groups in total. The summed E-state index contributed by atoms with van der Waals surface area (Å²) in [5.41, 5.74) is -2.21. The van der Waals surface area contributed by atoms with Gasteiger partial charge in [-0.2, -0.15) is 0 Å². The standard InChI is InChI=1S/C25H28ClNO3/c1-23(2,3)16-24(4,5)27-22(29)19(20(28)17-12-8-6-9-13-17)21(26)25(27,30)18-14-10-7-11-15-18/h6-15,30H,16H2,1-5H3. The van der Waals surface area contributed by atoms with E-state index in [-0.39, 0.29) is 16.0 Å². The lowest BCUT2D eigenvalue weighted by molar-refractivity contribution is -0.161. The van der Waals surface area contributed by atoms with Crippen LogP contribution in [-0.2, 0) is 10.5 Å². The van der Waals surface area contributed by atoms with Crippen LogP contribution in [0.15, 0.2) is 71.3 Å². The van der Waals surface area contributed by atoms with Crippen molar-refractivity contribution in [1.29, 1.82) is 0 Å². The van der Waals surface area contributed by atoms with Crippen molar-refractivity contribution in [1.82, 2.24) is 4.90 Å². The number of aliphatic hydroxyl groups is 1. The Morgan fingerprint density at radius 1 is 0.967 bits per heavy atom. The third-order valence-electron chi connectivity index (χ3n) is 5.27. The van der Waals surface area contributed by atoms with Crippen molar-refractivity contribution in [2.45, 2.75) is 52.3 Å². The second-order valence-electron chi connectivity index (χ2n) is 9.61. The average Bonchev–Trinajstić information content (AvgIpc) is 2.88. The van der Waals surface area contributed by atoms with E-state index in [0.717, 1.165) is 0 Å². The Labute approximate surface area is 183 Å². The van der Waals surface area contributed by atoms with Gasteiger partial charge in [0.1, 0.15) is 5.57 Å². The average molecular weight is 426 g/mol. The SMILES string of the molecule is CC(C)(C)CC(C)(C)N1C(=O)C(C(=O)c2ccccc2)=C(Cl)C1(O)c1ccccc1. The van der Waals surface area contributed by atoms with Crippen LogP contribution in [0.5, 0.6) is 0 Å². The van der Waals surface area contributed by atoms with Crippen LogP contribution in [0, 0.1) is 5.41 Å². The first-order valence-electron chi connectivity index (χ1n) is 10.0. The lowest BCUT2D eigenvalue weighted by Crippen LogP contribution is -2.57. The minimum Gasteiger partial charge on any atom is -0.362 e. The van der Waals surface area contributed by atoms with Gasteiger partial charge in [0.05, 0.1) is 5.03 Å². The summed E-state index contributed by atoms with van der Waals surface area (Å²) in [5, 5.41) is 11.8. The summed E-state index contributed by atoms with van der Waals surface area (Å²) < 4.78 is 0. The molecule has 1 heterocycles. The molecule has 1 unspecified atom stereocenters. The highest BCUT2D eigenvalue weighted by molar-refractivity contribution is 6.41. The molecular formula is C25H28ClNO3. The predicted molar refractivity (Wildman–Crippen MR) is 119 cm³/mol. The quantitative estimate of drug-likeness (QED) is 0.524.